The zero-order chi connectivity index (χ0) is 16.6. The minimum absolute atomic E-state index is 0.326. The van der Waals surface area contributed by atoms with Crippen LogP contribution in [-0.2, 0) is 0 Å². The Morgan fingerprint density at radius 2 is 1.25 bits per heavy atom. The molecule has 0 aromatic heterocycles. The molecule has 0 rings (SSSR count). The van der Waals surface area contributed by atoms with Crippen LogP contribution in [0, 0.1) is 11.3 Å². The molecule has 20 heavy (non-hydrogen) atoms. The highest BCUT2D eigenvalue weighted by molar-refractivity contribution is 4.94. The van der Waals surface area contributed by atoms with Gasteiger partial charge in [0.15, 0.2) is 0 Å². The average Bonchev–Trinajstić information content (AvgIpc) is 2.21. The summed E-state index contributed by atoms with van der Waals surface area (Å²) in [4.78, 5) is 0. The predicted molar refractivity (Wildman–Crippen MR) is 81.4 cm³/mol. The molecule has 4 nitrogen and oxygen atoms in total. The first-order chi connectivity index (χ1) is 8.53. The van der Waals surface area contributed by atoms with Gasteiger partial charge in [-0.05, 0) is 47.5 Å². The molecule has 0 fully saturated rings. The Kier molecular flexibility index (Phi) is 5.87. The van der Waals surface area contributed by atoms with Crippen molar-refractivity contribution in [2.75, 3.05) is 0 Å². The van der Waals surface area contributed by atoms with Gasteiger partial charge in [-0.15, -0.1) is 0 Å². The Bertz CT molecular complexity index is 307. The normalized spacial score (nSPS) is 20.4. The molecular formula is C16H34O4. The molecule has 0 spiro atoms. The van der Waals surface area contributed by atoms with E-state index in [0.29, 0.717) is 12.8 Å². The minimum atomic E-state index is -1.07. The third kappa shape index (κ3) is 4.69. The Morgan fingerprint density at radius 1 is 0.850 bits per heavy atom. The quantitative estimate of drug-likeness (QED) is 0.579. The fourth-order valence-corrected chi connectivity index (χ4v) is 2.17. The molecule has 3 unspecified atom stereocenters. The van der Waals surface area contributed by atoms with Gasteiger partial charge in [0.25, 0.3) is 0 Å². The molecule has 0 amide bonds. The molecule has 122 valence electrons. The van der Waals surface area contributed by atoms with Crippen LogP contribution in [0.2, 0.25) is 0 Å². The summed E-state index contributed by atoms with van der Waals surface area (Å²) in [6, 6.07) is 0. The van der Waals surface area contributed by atoms with Gasteiger partial charge in [-0.25, -0.2) is 0 Å². The Balaban J connectivity index is 4.78. The van der Waals surface area contributed by atoms with Crippen molar-refractivity contribution in [3.05, 3.63) is 0 Å². The van der Waals surface area contributed by atoms with Crippen LogP contribution >= 0.6 is 0 Å². The first-order valence-corrected chi connectivity index (χ1v) is 7.38. The molecule has 0 aliphatic rings. The molecule has 3 atom stereocenters. The van der Waals surface area contributed by atoms with Crippen molar-refractivity contribution in [2.45, 2.75) is 91.1 Å². The maximum Gasteiger partial charge on any atom is 0.0673 e. The van der Waals surface area contributed by atoms with Crippen molar-refractivity contribution in [2.24, 2.45) is 11.3 Å². The van der Waals surface area contributed by atoms with Gasteiger partial charge < -0.3 is 20.4 Å². The fraction of sp³-hybridized carbons (Fsp3) is 1.00. The van der Waals surface area contributed by atoms with Gasteiger partial charge in [-0.2, -0.15) is 0 Å². The maximum atomic E-state index is 10.5. The van der Waals surface area contributed by atoms with Crippen LogP contribution in [0.25, 0.3) is 0 Å². The monoisotopic (exact) mass is 290 g/mol. The van der Waals surface area contributed by atoms with E-state index >= 15 is 0 Å². The van der Waals surface area contributed by atoms with Crippen LogP contribution in [0.1, 0.15) is 68.2 Å². The van der Waals surface area contributed by atoms with Crippen LogP contribution in [-0.4, -0.2) is 43.3 Å². The number of aliphatic hydroxyl groups excluding tert-OH is 1. The van der Waals surface area contributed by atoms with Crippen molar-refractivity contribution >= 4 is 0 Å². The molecule has 0 aromatic rings. The second-order valence-electron chi connectivity index (χ2n) is 8.07. The molecule has 4 heteroatoms. The highest BCUT2D eigenvalue weighted by Crippen LogP contribution is 2.38. The van der Waals surface area contributed by atoms with Gasteiger partial charge in [0.2, 0.25) is 0 Å². The van der Waals surface area contributed by atoms with Crippen LogP contribution in [0.15, 0.2) is 0 Å². The second kappa shape index (κ2) is 5.91. The van der Waals surface area contributed by atoms with E-state index in [2.05, 4.69) is 0 Å². The zero-order valence-corrected chi connectivity index (χ0v) is 14.4. The standard InChI is InChI=1S/C16H34O4/c1-11(14(4,5)18)16(8,20)10-9-12(17)13(2,3)15(6,7)19/h11-12,17-20H,9-10H2,1-8H3. The van der Waals surface area contributed by atoms with Crippen molar-refractivity contribution in [1.82, 2.24) is 0 Å². The molecule has 0 aliphatic carbocycles. The van der Waals surface area contributed by atoms with Crippen LogP contribution in [0.4, 0.5) is 0 Å². The summed E-state index contributed by atoms with van der Waals surface area (Å²) in [5, 5.41) is 41.0. The molecule has 0 heterocycles. The van der Waals surface area contributed by atoms with E-state index in [4.69, 9.17) is 0 Å². The molecule has 0 aromatic carbocycles. The summed E-state index contributed by atoms with van der Waals surface area (Å²) in [7, 11) is 0. The predicted octanol–water partition coefficient (Wildman–Crippen LogP) is 2.08. The molecular weight excluding hydrogens is 256 g/mol. The van der Waals surface area contributed by atoms with Gasteiger partial charge in [0.05, 0.1) is 22.9 Å². The number of rotatable bonds is 7. The van der Waals surface area contributed by atoms with Gasteiger partial charge in [0.1, 0.15) is 0 Å². The zero-order valence-electron chi connectivity index (χ0n) is 14.4. The first-order valence-electron chi connectivity index (χ1n) is 7.38. The summed E-state index contributed by atoms with van der Waals surface area (Å²) >= 11 is 0. The minimum Gasteiger partial charge on any atom is -0.392 e. The summed E-state index contributed by atoms with van der Waals surface area (Å²) in [5.74, 6) is -0.326. The summed E-state index contributed by atoms with van der Waals surface area (Å²) < 4.78 is 0. The number of hydrogen-bond acceptors (Lipinski definition) is 4. The van der Waals surface area contributed by atoms with E-state index < -0.39 is 28.3 Å². The largest absolute Gasteiger partial charge is 0.392 e. The van der Waals surface area contributed by atoms with Crippen LogP contribution < -0.4 is 0 Å². The van der Waals surface area contributed by atoms with E-state index in [1.165, 1.54) is 0 Å². The summed E-state index contributed by atoms with van der Waals surface area (Å²) in [6.07, 6.45) is -0.00791. The average molecular weight is 290 g/mol. The molecule has 0 saturated heterocycles. The van der Waals surface area contributed by atoms with E-state index in [-0.39, 0.29) is 5.92 Å². The lowest BCUT2D eigenvalue weighted by Crippen LogP contribution is -2.49. The Hall–Kier alpha value is -0.160. The van der Waals surface area contributed by atoms with E-state index in [9.17, 15) is 20.4 Å². The number of aliphatic hydroxyl groups is 4. The molecule has 0 radical (unpaired) electrons. The lowest BCUT2D eigenvalue weighted by Gasteiger charge is -2.43. The van der Waals surface area contributed by atoms with Crippen LogP contribution in [0.3, 0.4) is 0 Å². The van der Waals surface area contributed by atoms with Crippen molar-refractivity contribution < 1.29 is 20.4 Å². The maximum absolute atomic E-state index is 10.5. The van der Waals surface area contributed by atoms with Gasteiger partial charge in [0, 0.05) is 11.3 Å². The Morgan fingerprint density at radius 3 is 1.55 bits per heavy atom. The molecule has 0 saturated carbocycles. The van der Waals surface area contributed by atoms with E-state index in [0.717, 1.165) is 0 Å². The van der Waals surface area contributed by atoms with E-state index in [1.807, 2.05) is 13.8 Å². The van der Waals surface area contributed by atoms with Gasteiger partial charge >= 0.3 is 0 Å². The highest BCUT2D eigenvalue weighted by Gasteiger charge is 2.43. The van der Waals surface area contributed by atoms with Crippen LogP contribution in [0.5, 0.6) is 0 Å². The fourth-order valence-electron chi connectivity index (χ4n) is 2.17. The molecule has 0 bridgehead atoms. The third-order valence-corrected chi connectivity index (χ3v) is 5.33. The highest BCUT2D eigenvalue weighted by atomic mass is 16.3. The second-order valence-corrected chi connectivity index (χ2v) is 8.07. The Labute approximate surface area is 123 Å². The topological polar surface area (TPSA) is 80.9 Å². The lowest BCUT2D eigenvalue weighted by molar-refractivity contribution is -0.126. The summed E-state index contributed by atoms with van der Waals surface area (Å²) in [5.41, 5.74) is -3.75. The van der Waals surface area contributed by atoms with Crippen molar-refractivity contribution in [3.63, 3.8) is 0 Å². The van der Waals surface area contributed by atoms with Crippen molar-refractivity contribution in [3.8, 4) is 0 Å². The van der Waals surface area contributed by atoms with Gasteiger partial charge in [-0.1, -0.05) is 20.8 Å². The first kappa shape index (κ1) is 19.8. The SMILES string of the molecule is CC(C(C)(C)O)C(C)(O)CCC(O)C(C)(C)C(C)(C)O. The summed E-state index contributed by atoms with van der Waals surface area (Å²) in [6.45, 7) is 13.8. The van der Waals surface area contributed by atoms with E-state index in [1.54, 1.807) is 41.5 Å². The number of hydrogen-bond donors (Lipinski definition) is 4. The lowest BCUT2D eigenvalue weighted by atomic mass is 9.69. The molecule has 0 aliphatic heterocycles. The third-order valence-electron chi connectivity index (χ3n) is 5.33. The smallest absolute Gasteiger partial charge is 0.0673 e. The molecule has 4 N–H and O–H groups in total. The van der Waals surface area contributed by atoms with Gasteiger partial charge in [-0.3, -0.25) is 0 Å². The van der Waals surface area contributed by atoms with Crippen molar-refractivity contribution in [1.29, 1.82) is 0 Å².